The van der Waals surface area contributed by atoms with Gasteiger partial charge in [-0.2, -0.15) is 0 Å². The lowest BCUT2D eigenvalue weighted by Gasteiger charge is -1.96. The number of aromatic nitrogens is 3. The van der Waals surface area contributed by atoms with Crippen molar-refractivity contribution in [1.82, 2.24) is 15.0 Å². The highest BCUT2D eigenvalue weighted by Gasteiger charge is 1.98. The lowest BCUT2D eigenvalue weighted by atomic mass is 10.4. The van der Waals surface area contributed by atoms with Crippen LogP contribution in [0, 0.1) is 0 Å². The van der Waals surface area contributed by atoms with Crippen LogP contribution in [0.2, 0.25) is 0 Å². The number of pyridine rings is 1. The summed E-state index contributed by atoms with van der Waals surface area (Å²) < 4.78 is 0.673. The lowest BCUT2D eigenvalue weighted by molar-refractivity contribution is 1.19. The van der Waals surface area contributed by atoms with Gasteiger partial charge in [-0.05, 0) is 22.0 Å². The first-order chi connectivity index (χ1) is 5.75. The van der Waals surface area contributed by atoms with E-state index < -0.39 is 0 Å². The van der Waals surface area contributed by atoms with E-state index in [1.807, 2.05) is 0 Å². The number of halogens is 1. The van der Waals surface area contributed by atoms with Gasteiger partial charge in [0.15, 0.2) is 5.65 Å². The SMILES string of the molecule is Nc1cnc2nc(Br)cnc2c1. The molecule has 0 fully saturated rings. The fraction of sp³-hybridized carbons (Fsp3) is 0. The first-order valence-corrected chi connectivity index (χ1v) is 4.09. The van der Waals surface area contributed by atoms with Crippen LogP contribution in [0.5, 0.6) is 0 Å². The van der Waals surface area contributed by atoms with Crippen molar-refractivity contribution < 1.29 is 0 Å². The smallest absolute Gasteiger partial charge is 0.179 e. The first-order valence-electron chi connectivity index (χ1n) is 3.29. The Morgan fingerprint density at radius 1 is 1.25 bits per heavy atom. The molecule has 0 aliphatic carbocycles. The zero-order chi connectivity index (χ0) is 8.55. The second-order valence-corrected chi connectivity index (χ2v) is 3.12. The molecule has 12 heavy (non-hydrogen) atoms. The maximum Gasteiger partial charge on any atom is 0.179 e. The van der Waals surface area contributed by atoms with Crippen LogP contribution in [-0.4, -0.2) is 15.0 Å². The van der Waals surface area contributed by atoms with Gasteiger partial charge in [0.1, 0.15) is 10.1 Å². The minimum absolute atomic E-state index is 0.596. The van der Waals surface area contributed by atoms with E-state index >= 15 is 0 Å². The van der Waals surface area contributed by atoms with Crippen LogP contribution < -0.4 is 5.73 Å². The zero-order valence-corrected chi connectivity index (χ0v) is 7.62. The van der Waals surface area contributed by atoms with Crippen molar-refractivity contribution in [3.63, 3.8) is 0 Å². The Morgan fingerprint density at radius 3 is 2.92 bits per heavy atom. The van der Waals surface area contributed by atoms with E-state index in [9.17, 15) is 0 Å². The average Bonchev–Trinajstić information content (AvgIpc) is 2.05. The summed E-state index contributed by atoms with van der Waals surface area (Å²) in [5.74, 6) is 0. The molecule has 4 nitrogen and oxygen atoms in total. The predicted molar refractivity (Wildman–Crippen MR) is 49.4 cm³/mol. The second kappa shape index (κ2) is 2.67. The molecule has 0 bridgehead atoms. The van der Waals surface area contributed by atoms with E-state index in [1.165, 1.54) is 0 Å². The third-order valence-corrected chi connectivity index (χ3v) is 1.77. The van der Waals surface area contributed by atoms with Gasteiger partial charge < -0.3 is 5.73 Å². The lowest BCUT2D eigenvalue weighted by Crippen LogP contribution is -1.91. The fourth-order valence-corrected chi connectivity index (χ4v) is 1.17. The summed E-state index contributed by atoms with van der Waals surface area (Å²) in [6, 6.07) is 1.74. The molecule has 0 aliphatic rings. The molecule has 0 atom stereocenters. The highest BCUT2D eigenvalue weighted by molar-refractivity contribution is 9.10. The molecule has 0 aromatic carbocycles. The topological polar surface area (TPSA) is 64.7 Å². The number of fused-ring (bicyclic) bond motifs is 1. The Bertz CT molecular complexity index is 387. The van der Waals surface area contributed by atoms with Gasteiger partial charge in [0, 0.05) is 0 Å². The Hall–Kier alpha value is -1.23. The average molecular weight is 225 g/mol. The molecular formula is C7H5BrN4. The quantitative estimate of drug-likeness (QED) is 0.735. The van der Waals surface area contributed by atoms with Crippen molar-refractivity contribution in [2.75, 3.05) is 5.73 Å². The molecule has 2 rings (SSSR count). The third-order valence-electron chi connectivity index (χ3n) is 1.39. The summed E-state index contributed by atoms with van der Waals surface area (Å²) in [5, 5.41) is 0. The Morgan fingerprint density at radius 2 is 2.08 bits per heavy atom. The molecule has 2 heterocycles. The molecule has 0 radical (unpaired) electrons. The van der Waals surface area contributed by atoms with E-state index in [4.69, 9.17) is 5.73 Å². The Labute approximate surface area is 77.0 Å². The molecule has 2 aromatic rings. The number of nitrogen functional groups attached to an aromatic ring is 1. The van der Waals surface area contributed by atoms with E-state index in [1.54, 1.807) is 18.5 Å². The maximum absolute atomic E-state index is 5.52. The van der Waals surface area contributed by atoms with Crippen LogP contribution in [-0.2, 0) is 0 Å². The van der Waals surface area contributed by atoms with Crippen LogP contribution in [0.3, 0.4) is 0 Å². The zero-order valence-electron chi connectivity index (χ0n) is 6.03. The molecule has 0 aliphatic heterocycles. The van der Waals surface area contributed by atoms with Crippen LogP contribution >= 0.6 is 15.9 Å². The Kier molecular flexibility index (Phi) is 1.65. The van der Waals surface area contributed by atoms with E-state index in [2.05, 4.69) is 30.9 Å². The number of hydrogen-bond acceptors (Lipinski definition) is 4. The molecule has 0 saturated heterocycles. The number of rotatable bonds is 0. The molecule has 60 valence electrons. The summed E-state index contributed by atoms with van der Waals surface area (Å²) in [7, 11) is 0. The maximum atomic E-state index is 5.52. The number of nitrogens with two attached hydrogens (primary N) is 1. The number of anilines is 1. The van der Waals surface area contributed by atoms with Crippen molar-refractivity contribution >= 4 is 32.8 Å². The van der Waals surface area contributed by atoms with Crippen LogP contribution in [0.1, 0.15) is 0 Å². The largest absolute Gasteiger partial charge is 0.397 e. The number of hydrogen-bond donors (Lipinski definition) is 1. The standard InChI is InChI=1S/C7H5BrN4/c8-6-3-10-5-1-4(9)2-11-7(5)12-6/h1-3H,9H2. The van der Waals surface area contributed by atoms with Crippen molar-refractivity contribution in [1.29, 1.82) is 0 Å². The molecule has 0 spiro atoms. The number of nitrogens with zero attached hydrogens (tertiary/aromatic N) is 3. The Balaban J connectivity index is 2.79. The third kappa shape index (κ3) is 1.23. The van der Waals surface area contributed by atoms with Gasteiger partial charge in [-0.1, -0.05) is 0 Å². The van der Waals surface area contributed by atoms with Gasteiger partial charge in [0.2, 0.25) is 0 Å². The molecule has 0 amide bonds. The molecule has 0 saturated carbocycles. The minimum atomic E-state index is 0.596. The van der Waals surface area contributed by atoms with Gasteiger partial charge in [0.25, 0.3) is 0 Å². The highest BCUT2D eigenvalue weighted by Crippen LogP contribution is 2.12. The summed E-state index contributed by atoms with van der Waals surface area (Å²) >= 11 is 3.21. The summed E-state index contributed by atoms with van der Waals surface area (Å²) in [6.45, 7) is 0. The minimum Gasteiger partial charge on any atom is -0.397 e. The van der Waals surface area contributed by atoms with Crippen molar-refractivity contribution in [2.45, 2.75) is 0 Å². The van der Waals surface area contributed by atoms with Crippen LogP contribution in [0.4, 0.5) is 5.69 Å². The van der Waals surface area contributed by atoms with Gasteiger partial charge in [-0.25, -0.2) is 9.97 Å². The van der Waals surface area contributed by atoms with Crippen LogP contribution in [0.15, 0.2) is 23.1 Å². The van der Waals surface area contributed by atoms with Gasteiger partial charge >= 0.3 is 0 Å². The monoisotopic (exact) mass is 224 g/mol. The predicted octanol–water partition coefficient (Wildman–Crippen LogP) is 1.37. The van der Waals surface area contributed by atoms with E-state index in [0.29, 0.717) is 21.5 Å². The first kappa shape index (κ1) is 7.42. The van der Waals surface area contributed by atoms with Crippen molar-refractivity contribution in [3.8, 4) is 0 Å². The van der Waals surface area contributed by atoms with Gasteiger partial charge in [-0.15, -0.1) is 0 Å². The second-order valence-electron chi connectivity index (χ2n) is 2.30. The summed E-state index contributed by atoms with van der Waals surface area (Å²) in [4.78, 5) is 12.2. The van der Waals surface area contributed by atoms with Crippen LogP contribution in [0.25, 0.3) is 11.2 Å². The van der Waals surface area contributed by atoms with E-state index in [0.717, 1.165) is 0 Å². The molecule has 5 heteroatoms. The molecule has 0 unspecified atom stereocenters. The normalized spacial score (nSPS) is 10.4. The van der Waals surface area contributed by atoms with Gasteiger partial charge in [0.05, 0.1) is 18.1 Å². The summed E-state index contributed by atoms with van der Waals surface area (Å²) in [5.41, 5.74) is 7.42. The molecule has 2 aromatic heterocycles. The highest BCUT2D eigenvalue weighted by atomic mass is 79.9. The van der Waals surface area contributed by atoms with E-state index in [-0.39, 0.29) is 0 Å². The summed E-state index contributed by atoms with van der Waals surface area (Å²) in [6.07, 6.45) is 3.17. The molecule has 2 N–H and O–H groups in total. The fourth-order valence-electron chi connectivity index (χ4n) is 0.895. The van der Waals surface area contributed by atoms with Crippen molar-refractivity contribution in [2.24, 2.45) is 0 Å². The van der Waals surface area contributed by atoms with Crippen molar-refractivity contribution in [3.05, 3.63) is 23.1 Å². The van der Waals surface area contributed by atoms with Gasteiger partial charge in [-0.3, -0.25) is 4.98 Å². The molecular weight excluding hydrogens is 220 g/mol.